The smallest absolute Gasteiger partial charge is 0.311 e. The van der Waals surface area contributed by atoms with E-state index in [1.54, 1.807) is 4.90 Å². The second-order valence-corrected chi connectivity index (χ2v) is 8.39. The Morgan fingerprint density at radius 2 is 1.89 bits per heavy atom. The summed E-state index contributed by atoms with van der Waals surface area (Å²) in [7, 11) is 0. The molecule has 0 bridgehead atoms. The van der Waals surface area contributed by atoms with Crippen molar-refractivity contribution in [3.63, 3.8) is 0 Å². The number of nitrogens with zero attached hydrogens (tertiary/aromatic N) is 1. The van der Waals surface area contributed by atoms with Crippen molar-refractivity contribution in [1.29, 1.82) is 0 Å². The SMILES string of the molecule is CCOc1ccc(C(C)(C)C(=O)N2C[C@@H]3CCC[C@@]3(C(=O)O)C2)cc1OCC. The number of carboxylic acid groups (broad SMARTS) is 1. The topological polar surface area (TPSA) is 76.1 Å². The van der Waals surface area contributed by atoms with Gasteiger partial charge in [-0.1, -0.05) is 12.5 Å². The van der Waals surface area contributed by atoms with E-state index >= 15 is 0 Å². The molecule has 2 atom stereocenters. The molecule has 1 aromatic carbocycles. The van der Waals surface area contributed by atoms with Crippen LogP contribution < -0.4 is 9.47 Å². The van der Waals surface area contributed by atoms with Crippen LogP contribution in [0.3, 0.4) is 0 Å². The van der Waals surface area contributed by atoms with E-state index in [1.807, 2.05) is 45.9 Å². The van der Waals surface area contributed by atoms with E-state index in [4.69, 9.17) is 9.47 Å². The number of likely N-dealkylation sites (tertiary alicyclic amines) is 1. The average Bonchev–Trinajstić information content (AvgIpc) is 3.21. The molecule has 6 nitrogen and oxygen atoms in total. The maximum Gasteiger partial charge on any atom is 0.311 e. The number of aliphatic carboxylic acids is 1. The zero-order valence-electron chi connectivity index (χ0n) is 17.3. The van der Waals surface area contributed by atoms with E-state index in [9.17, 15) is 14.7 Å². The summed E-state index contributed by atoms with van der Waals surface area (Å²) < 4.78 is 11.3. The minimum Gasteiger partial charge on any atom is -0.490 e. The van der Waals surface area contributed by atoms with Gasteiger partial charge in [0.05, 0.1) is 24.0 Å². The molecule has 0 spiro atoms. The Balaban J connectivity index is 1.85. The summed E-state index contributed by atoms with van der Waals surface area (Å²) in [6, 6.07) is 5.61. The van der Waals surface area contributed by atoms with Crippen LogP contribution in [-0.2, 0) is 15.0 Å². The second-order valence-electron chi connectivity index (χ2n) is 8.39. The van der Waals surface area contributed by atoms with Crippen LogP contribution in [0.5, 0.6) is 11.5 Å². The summed E-state index contributed by atoms with van der Waals surface area (Å²) in [4.78, 5) is 27.1. The highest BCUT2D eigenvalue weighted by atomic mass is 16.5. The van der Waals surface area contributed by atoms with Crippen molar-refractivity contribution < 1.29 is 24.2 Å². The van der Waals surface area contributed by atoms with Gasteiger partial charge in [0.15, 0.2) is 11.5 Å². The molecule has 2 fully saturated rings. The van der Waals surface area contributed by atoms with E-state index in [0.717, 1.165) is 18.4 Å². The van der Waals surface area contributed by atoms with Crippen LogP contribution in [0.2, 0.25) is 0 Å². The molecule has 1 heterocycles. The first-order valence-corrected chi connectivity index (χ1v) is 10.2. The minimum absolute atomic E-state index is 0.0332. The van der Waals surface area contributed by atoms with Crippen LogP contribution >= 0.6 is 0 Å². The predicted octanol–water partition coefficient (Wildman–Crippen LogP) is 3.47. The van der Waals surface area contributed by atoms with Crippen LogP contribution in [-0.4, -0.2) is 48.2 Å². The number of hydrogen-bond acceptors (Lipinski definition) is 4. The van der Waals surface area contributed by atoms with Crippen molar-refractivity contribution >= 4 is 11.9 Å². The summed E-state index contributed by atoms with van der Waals surface area (Å²) in [5.41, 5.74) is -0.707. The van der Waals surface area contributed by atoms with E-state index in [1.165, 1.54) is 0 Å². The molecule has 0 radical (unpaired) electrons. The van der Waals surface area contributed by atoms with E-state index in [0.29, 0.717) is 44.2 Å². The molecule has 28 heavy (non-hydrogen) atoms. The highest BCUT2D eigenvalue weighted by Gasteiger charge is 2.56. The van der Waals surface area contributed by atoms with Gasteiger partial charge in [-0.15, -0.1) is 0 Å². The number of hydrogen-bond donors (Lipinski definition) is 1. The Kier molecular flexibility index (Phi) is 5.60. The van der Waals surface area contributed by atoms with E-state index < -0.39 is 16.8 Å². The molecule has 0 aromatic heterocycles. The molecular weight excluding hydrogens is 358 g/mol. The van der Waals surface area contributed by atoms with Gasteiger partial charge in [0.1, 0.15) is 0 Å². The normalized spacial score (nSPS) is 24.1. The maximum absolute atomic E-state index is 13.4. The molecule has 1 aromatic rings. The molecule has 6 heteroatoms. The van der Waals surface area contributed by atoms with Crippen molar-refractivity contribution in [3.8, 4) is 11.5 Å². The lowest BCUT2D eigenvalue weighted by atomic mass is 9.81. The van der Waals surface area contributed by atoms with Gasteiger partial charge in [0.25, 0.3) is 0 Å². The van der Waals surface area contributed by atoms with Gasteiger partial charge < -0.3 is 19.5 Å². The van der Waals surface area contributed by atoms with Gasteiger partial charge in [-0.25, -0.2) is 0 Å². The Morgan fingerprint density at radius 1 is 1.21 bits per heavy atom. The van der Waals surface area contributed by atoms with Crippen LogP contribution in [0.15, 0.2) is 18.2 Å². The van der Waals surface area contributed by atoms with Crippen molar-refractivity contribution in [1.82, 2.24) is 4.90 Å². The molecule has 1 saturated heterocycles. The maximum atomic E-state index is 13.4. The first-order valence-electron chi connectivity index (χ1n) is 10.2. The zero-order chi connectivity index (χ0) is 20.5. The van der Waals surface area contributed by atoms with Gasteiger partial charge in [-0.2, -0.15) is 0 Å². The van der Waals surface area contributed by atoms with Crippen LogP contribution in [0.4, 0.5) is 0 Å². The van der Waals surface area contributed by atoms with Crippen molar-refractivity contribution in [2.75, 3.05) is 26.3 Å². The van der Waals surface area contributed by atoms with Crippen LogP contribution in [0, 0.1) is 11.3 Å². The average molecular weight is 389 g/mol. The predicted molar refractivity (Wildman–Crippen MR) is 106 cm³/mol. The quantitative estimate of drug-likeness (QED) is 0.773. The third-order valence-electron chi connectivity index (χ3n) is 6.38. The molecular formula is C22H31NO5. The number of rotatable bonds is 7. The number of fused-ring (bicyclic) bond motifs is 1. The summed E-state index contributed by atoms with van der Waals surface area (Å²) in [6.45, 7) is 9.49. The lowest BCUT2D eigenvalue weighted by Crippen LogP contribution is -2.44. The highest BCUT2D eigenvalue weighted by Crippen LogP contribution is 2.49. The largest absolute Gasteiger partial charge is 0.490 e. The van der Waals surface area contributed by atoms with Gasteiger partial charge in [0.2, 0.25) is 5.91 Å². The molecule has 3 rings (SSSR count). The van der Waals surface area contributed by atoms with E-state index in [2.05, 4.69) is 0 Å². The first-order chi connectivity index (χ1) is 13.3. The number of carboxylic acids is 1. The van der Waals surface area contributed by atoms with E-state index in [-0.39, 0.29) is 11.8 Å². The first kappa shape index (κ1) is 20.5. The number of amides is 1. The molecule has 1 saturated carbocycles. The number of ether oxygens (including phenoxy) is 2. The number of carbonyl (C=O) groups is 2. The monoisotopic (exact) mass is 389 g/mol. The summed E-state index contributed by atoms with van der Waals surface area (Å²) in [6.07, 6.45) is 2.47. The van der Waals surface area contributed by atoms with Gasteiger partial charge >= 0.3 is 5.97 Å². The van der Waals surface area contributed by atoms with Crippen molar-refractivity contribution in [3.05, 3.63) is 23.8 Å². The Morgan fingerprint density at radius 3 is 2.50 bits per heavy atom. The molecule has 1 aliphatic carbocycles. The molecule has 1 aliphatic heterocycles. The third-order valence-corrected chi connectivity index (χ3v) is 6.38. The summed E-state index contributed by atoms with van der Waals surface area (Å²) >= 11 is 0. The third kappa shape index (κ3) is 3.33. The molecule has 1 amide bonds. The zero-order valence-corrected chi connectivity index (χ0v) is 17.3. The molecule has 154 valence electrons. The minimum atomic E-state index is -0.783. The molecule has 0 unspecified atom stereocenters. The van der Waals surface area contributed by atoms with Gasteiger partial charge in [-0.3, -0.25) is 9.59 Å². The Hall–Kier alpha value is -2.24. The Bertz CT molecular complexity index is 759. The summed E-state index contributed by atoms with van der Waals surface area (Å²) in [5, 5.41) is 9.80. The van der Waals surface area contributed by atoms with Crippen LogP contribution in [0.25, 0.3) is 0 Å². The number of carbonyl (C=O) groups excluding carboxylic acids is 1. The standard InChI is InChI=1S/C22H31NO5/c1-5-27-17-10-9-15(12-18(17)28-6-2)21(3,4)19(24)23-13-16-8-7-11-22(16,14-23)20(25)26/h9-10,12,16H,5-8,11,13-14H2,1-4H3,(H,25,26)/t16-,22+/m0/s1. The van der Waals surface area contributed by atoms with Crippen molar-refractivity contribution in [2.45, 2.75) is 52.4 Å². The molecule has 1 N–H and O–H groups in total. The lowest BCUT2D eigenvalue weighted by molar-refractivity contribution is -0.149. The fraction of sp³-hybridized carbons (Fsp3) is 0.636. The fourth-order valence-corrected chi connectivity index (χ4v) is 4.75. The van der Waals surface area contributed by atoms with Crippen molar-refractivity contribution in [2.24, 2.45) is 11.3 Å². The van der Waals surface area contributed by atoms with Gasteiger partial charge in [0, 0.05) is 13.1 Å². The van der Waals surface area contributed by atoms with Crippen LogP contribution in [0.1, 0.15) is 52.5 Å². The molecule has 2 aliphatic rings. The Labute approximate surface area is 166 Å². The van der Waals surface area contributed by atoms with Gasteiger partial charge in [-0.05, 0) is 64.2 Å². The lowest BCUT2D eigenvalue weighted by Gasteiger charge is -2.31. The highest BCUT2D eigenvalue weighted by molar-refractivity contribution is 5.89. The fourth-order valence-electron chi connectivity index (χ4n) is 4.75. The number of benzene rings is 1. The summed E-state index contributed by atoms with van der Waals surface area (Å²) in [5.74, 6) is 0.556. The second kappa shape index (κ2) is 7.64.